The van der Waals surface area contributed by atoms with Crippen LogP contribution in [0.25, 0.3) is 0 Å². The molecular formula is C10H14N2O3S. The van der Waals surface area contributed by atoms with Gasteiger partial charge in [-0.15, -0.1) is 11.3 Å². The fourth-order valence-corrected chi connectivity index (χ4v) is 2.33. The molecule has 88 valence electrons. The fourth-order valence-electron chi connectivity index (χ4n) is 1.32. The highest BCUT2D eigenvalue weighted by Crippen LogP contribution is 2.30. The lowest BCUT2D eigenvalue weighted by molar-refractivity contribution is 0.0527. The Hall–Kier alpha value is -1.56. The van der Waals surface area contributed by atoms with Crippen molar-refractivity contribution in [2.75, 3.05) is 19.4 Å². The predicted molar refractivity (Wildman–Crippen MR) is 62.8 cm³/mol. The Morgan fingerprint density at radius 1 is 1.50 bits per heavy atom. The molecule has 5 nitrogen and oxygen atoms in total. The summed E-state index contributed by atoms with van der Waals surface area (Å²) in [4.78, 5) is 23.5. The topological polar surface area (TPSA) is 81.4 Å². The summed E-state index contributed by atoms with van der Waals surface area (Å²) in [7, 11) is 1.53. The van der Waals surface area contributed by atoms with Gasteiger partial charge in [0.1, 0.15) is 5.00 Å². The van der Waals surface area contributed by atoms with Gasteiger partial charge in [-0.05, 0) is 19.4 Å². The molecule has 0 aliphatic carbocycles. The van der Waals surface area contributed by atoms with E-state index in [9.17, 15) is 9.59 Å². The maximum absolute atomic E-state index is 11.6. The lowest BCUT2D eigenvalue weighted by Crippen LogP contribution is -2.17. The predicted octanol–water partition coefficient (Wildman–Crippen LogP) is 1.18. The van der Waals surface area contributed by atoms with Crippen LogP contribution < -0.4 is 11.1 Å². The number of nitrogen functional groups attached to an aromatic ring is 1. The molecule has 1 heterocycles. The number of hydrogen-bond donors (Lipinski definition) is 2. The molecule has 0 fully saturated rings. The zero-order valence-corrected chi connectivity index (χ0v) is 10.2. The quantitative estimate of drug-likeness (QED) is 0.780. The number of hydrogen-bond acceptors (Lipinski definition) is 5. The molecule has 0 atom stereocenters. The fraction of sp³-hybridized carbons (Fsp3) is 0.400. The molecule has 6 heteroatoms. The van der Waals surface area contributed by atoms with Crippen molar-refractivity contribution in [1.82, 2.24) is 5.32 Å². The van der Waals surface area contributed by atoms with E-state index in [0.29, 0.717) is 21.0 Å². The third kappa shape index (κ3) is 2.16. The van der Waals surface area contributed by atoms with Crippen LogP contribution in [0.2, 0.25) is 0 Å². The first-order valence-corrected chi connectivity index (χ1v) is 5.62. The van der Waals surface area contributed by atoms with Crippen LogP contribution in [0.3, 0.4) is 0 Å². The van der Waals surface area contributed by atoms with Crippen molar-refractivity contribution in [3.63, 3.8) is 0 Å². The van der Waals surface area contributed by atoms with Crippen LogP contribution in [-0.4, -0.2) is 25.5 Å². The van der Waals surface area contributed by atoms with Crippen molar-refractivity contribution >= 4 is 28.2 Å². The van der Waals surface area contributed by atoms with Crippen LogP contribution in [0.15, 0.2) is 0 Å². The second kappa shape index (κ2) is 4.98. The monoisotopic (exact) mass is 242 g/mol. The molecule has 0 saturated carbocycles. The second-order valence-corrected chi connectivity index (χ2v) is 4.15. The molecule has 16 heavy (non-hydrogen) atoms. The first-order valence-electron chi connectivity index (χ1n) is 4.81. The summed E-state index contributed by atoms with van der Waals surface area (Å²) >= 11 is 1.09. The van der Waals surface area contributed by atoms with Crippen LogP contribution in [-0.2, 0) is 4.74 Å². The van der Waals surface area contributed by atoms with Crippen LogP contribution in [0.1, 0.15) is 32.5 Å². The van der Waals surface area contributed by atoms with Crippen molar-refractivity contribution in [2.45, 2.75) is 13.8 Å². The van der Waals surface area contributed by atoms with E-state index < -0.39 is 5.97 Å². The Morgan fingerprint density at radius 3 is 2.62 bits per heavy atom. The molecule has 0 aliphatic rings. The number of carbonyl (C=O) groups is 2. The Labute approximate surface area is 97.6 Å². The number of thiophene rings is 1. The van der Waals surface area contributed by atoms with E-state index in [1.165, 1.54) is 7.05 Å². The van der Waals surface area contributed by atoms with E-state index in [2.05, 4.69) is 5.32 Å². The summed E-state index contributed by atoms with van der Waals surface area (Å²) < 4.78 is 4.87. The van der Waals surface area contributed by atoms with Crippen LogP contribution in [0.4, 0.5) is 5.00 Å². The molecule has 3 N–H and O–H groups in total. The van der Waals surface area contributed by atoms with Gasteiger partial charge in [0.25, 0.3) is 5.91 Å². The van der Waals surface area contributed by atoms with E-state index in [-0.39, 0.29) is 12.5 Å². The van der Waals surface area contributed by atoms with Gasteiger partial charge < -0.3 is 15.8 Å². The highest BCUT2D eigenvalue weighted by molar-refractivity contribution is 7.18. The van der Waals surface area contributed by atoms with Crippen LogP contribution >= 0.6 is 11.3 Å². The molecule has 1 aromatic rings. The summed E-state index contributed by atoms with van der Waals surface area (Å²) in [6.45, 7) is 3.68. The number of ether oxygens (including phenoxy) is 1. The minimum Gasteiger partial charge on any atom is -0.462 e. The maximum Gasteiger partial charge on any atom is 0.341 e. The summed E-state index contributed by atoms with van der Waals surface area (Å²) in [5.41, 5.74) is 6.57. The summed E-state index contributed by atoms with van der Waals surface area (Å²) in [5.74, 6) is -0.728. The molecular weight excluding hydrogens is 228 g/mol. The van der Waals surface area contributed by atoms with Crippen LogP contribution in [0.5, 0.6) is 0 Å². The standard InChI is InChI=1S/C10H14N2O3S/c1-4-15-10(14)6-5(2)7(9(13)12-3)16-8(6)11/h4,11H2,1-3H3,(H,12,13). The first-order chi connectivity index (χ1) is 7.52. The van der Waals surface area contributed by atoms with Gasteiger partial charge in [0.05, 0.1) is 17.0 Å². The lowest BCUT2D eigenvalue weighted by Gasteiger charge is -2.02. The third-order valence-electron chi connectivity index (χ3n) is 2.09. The lowest BCUT2D eigenvalue weighted by atomic mass is 10.1. The van der Waals surface area contributed by atoms with E-state index in [1.807, 2.05) is 0 Å². The van der Waals surface area contributed by atoms with E-state index in [4.69, 9.17) is 10.5 Å². The van der Waals surface area contributed by atoms with Gasteiger partial charge in [0.15, 0.2) is 0 Å². The number of amides is 1. The Balaban J connectivity index is 3.17. The van der Waals surface area contributed by atoms with Gasteiger partial charge in [-0.25, -0.2) is 4.79 Å². The van der Waals surface area contributed by atoms with Gasteiger partial charge in [-0.1, -0.05) is 0 Å². The first kappa shape index (κ1) is 12.5. The number of esters is 1. The summed E-state index contributed by atoms with van der Waals surface area (Å²) in [5, 5.41) is 2.81. The van der Waals surface area contributed by atoms with E-state index in [1.54, 1.807) is 13.8 Å². The zero-order valence-electron chi connectivity index (χ0n) is 9.42. The zero-order chi connectivity index (χ0) is 12.3. The number of rotatable bonds is 3. The molecule has 1 aromatic heterocycles. The molecule has 0 saturated heterocycles. The van der Waals surface area contributed by atoms with E-state index >= 15 is 0 Å². The van der Waals surface area contributed by atoms with Gasteiger partial charge in [-0.3, -0.25) is 4.79 Å². The molecule has 0 bridgehead atoms. The number of nitrogens with one attached hydrogen (secondary N) is 1. The Bertz CT molecular complexity index is 426. The van der Waals surface area contributed by atoms with Crippen molar-refractivity contribution in [2.24, 2.45) is 0 Å². The number of carbonyl (C=O) groups excluding carboxylic acids is 2. The Morgan fingerprint density at radius 2 is 2.12 bits per heavy atom. The van der Waals surface area contributed by atoms with Gasteiger partial charge in [-0.2, -0.15) is 0 Å². The Kier molecular flexibility index (Phi) is 3.89. The van der Waals surface area contributed by atoms with Crippen molar-refractivity contribution in [1.29, 1.82) is 0 Å². The molecule has 0 aliphatic heterocycles. The smallest absolute Gasteiger partial charge is 0.341 e. The number of anilines is 1. The second-order valence-electron chi connectivity index (χ2n) is 3.10. The third-order valence-corrected chi connectivity index (χ3v) is 3.21. The highest BCUT2D eigenvalue weighted by Gasteiger charge is 2.23. The minimum absolute atomic E-state index is 0.246. The summed E-state index contributed by atoms with van der Waals surface area (Å²) in [6.07, 6.45) is 0. The van der Waals surface area contributed by atoms with Gasteiger partial charge in [0.2, 0.25) is 0 Å². The maximum atomic E-state index is 11.6. The molecule has 0 radical (unpaired) electrons. The highest BCUT2D eigenvalue weighted by atomic mass is 32.1. The molecule has 0 spiro atoms. The molecule has 1 amide bonds. The van der Waals surface area contributed by atoms with Gasteiger partial charge in [0, 0.05) is 7.05 Å². The van der Waals surface area contributed by atoms with Crippen molar-refractivity contribution < 1.29 is 14.3 Å². The molecule has 1 rings (SSSR count). The number of nitrogens with two attached hydrogens (primary N) is 1. The van der Waals surface area contributed by atoms with Crippen LogP contribution in [0, 0.1) is 6.92 Å². The van der Waals surface area contributed by atoms with E-state index in [0.717, 1.165) is 11.3 Å². The van der Waals surface area contributed by atoms with Crippen molar-refractivity contribution in [3.05, 3.63) is 16.0 Å². The minimum atomic E-state index is -0.482. The average molecular weight is 242 g/mol. The molecule has 0 unspecified atom stereocenters. The SMILES string of the molecule is CCOC(=O)c1c(N)sc(C(=O)NC)c1C. The largest absolute Gasteiger partial charge is 0.462 e. The van der Waals surface area contributed by atoms with Gasteiger partial charge >= 0.3 is 5.97 Å². The summed E-state index contributed by atoms with van der Waals surface area (Å²) in [6, 6.07) is 0. The normalized spacial score (nSPS) is 9.94. The average Bonchev–Trinajstić information content (AvgIpc) is 2.53. The van der Waals surface area contributed by atoms with Crippen molar-refractivity contribution in [3.8, 4) is 0 Å². The molecule has 0 aromatic carbocycles.